The molecule has 4 heteroatoms. The minimum Gasteiger partial charge on any atom is -0.494 e. The molecule has 0 aliphatic rings. The van der Waals surface area contributed by atoms with Crippen molar-refractivity contribution in [3.05, 3.63) is 65.7 Å². The first-order valence-electron chi connectivity index (χ1n) is 8.30. The number of likely N-dealkylation sites (N-methyl/N-ethyl adjacent to an activating group) is 1. The second-order valence-corrected chi connectivity index (χ2v) is 5.95. The van der Waals surface area contributed by atoms with Crippen molar-refractivity contribution in [2.75, 3.05) is 27.2 Å². The minimum atomic E-state index is 0.0296. The van der Waals surface area contributed by atoms with Crippen molar-refractivity contribution in [2.24, 2.45) is 0 Å². The molecule has 0 saturated heterocycles. The Morgan fingerprint density at radius 2 is 1.75 bits per heavy atom. The second kappa shape index (κ2) is 9.08. The molecule has 0 saturated carbocycles. The summed E-state index contributed by atoms with van der Waals surface area (Å²) in [5.74, 6) is 0.861. The summed E-state index contributed by atoms with van der Waals surface area (Å²) in [5, 5.41) is 3.04. The lowest BCUT2D eigenvalue weighted by molar-refractivity contribution is -0.120. The Morgan fingerprint density at radius 3 is 2.33 bits per heavy atom. The predicted octanol–water partition coefficient (Wildman–Crippen LogP) is 3.05. The Balaban J connectivity index is 1.89. The van der Waals surface area contributed by atoms with E-state index in [1.807, 2.05) is 63.5 Å². The number of amides is 1. The van der Waals surface area contributed by atoms with Gasteiger partial charge in [-0.1, -0.05) is 42.5 Å². The smallest absolute Gasteiger partial charge is 0.224 e. The lowest BCUT2D eigenvalue weighted by Crippen LogP contribution is -2.35. The molecular formula is C20H26N2O2. The third kappa shape index (κ3) is 5.39. The lowest BCUT2D eigenvalue weighted by Gasteiger charge is -2.25. The van der Waals surface area contributed by atoms with Gasteiger partial charge in [0.2, 0.25) is 5.91 Å². The Labute approximate surface area is 144 Å². The first-order chi connectivity index (χ1) is 11.6. The van der Waals surface area contributed by atoms with Crippen LogP contribution in [0.5, 0.6) is 5.75 Å². The summed E-state index contributed by atoms with van der Waals surface area (Å²) in [6, 6.07) is 18.1. The maximum Gasteiger partial charge on any atom is 0.224 e. The molecule has 24 heavy (non-hydrogen) atoms. The van der Waals surface area contributed by atoms with Gasteiger partial charge < -0.3 is 15.0 Å². The molecule has 0 spiro atoms. The van der Waals surface area contributed by atoms with E-state index in [1.54, 1.807) is 0 Å². The van der Waals surface area contributed by atoms with Gasteiger partial charge in [-0.3, -0.25) is 4.79 Å². The van der Waals surface area contributed by atoms with Crippen LogP contribution < -0.4 is 10.1 Å². The number of carbonyl (C=O) groups excluding carboxylic acids is 1. The monoisotopic (exact) mass is 326 g/mol. The van der Waals surface area contributed by atoms with E-state index in [2.05, 4.69) is 22.3 Å². The lowest BCUT2D eigenvalue weighted by atomic mass is 10.1. The highest BCUT2D eigenvalue weighted by Crippen LogP contribution is 2.17. The molecule has 2 rings (SSSR count). The molecular weight excluding hydrogens is 300 g/mol. The van der Waals surface area contributed by atoms with Gasteiger partial charge in [-0.25, -0.2) is 0 Å². The second-order valence-electron chi connectivity index (χ2n) is 5.95. The number of rotatable bonds is 8. The zero-order valence-electron chi connectivity index (χ0n) is 14.7. The quantitative estimate of drug-likeness (QED) is 0.811. The first kappa shape index (κ1) is 18.0. The number of nitrogens with one attached hydrogen (secondary N) is 1. The fourth-order valence-corrected chi connectivity index (χ4v) is 2.60. The van der Waals surface area contributed by atoms with Crippen molar-refractivity contribution in [3.8, 4) is 5.75 Å². The SMILES string of the molecule is CCOc1ccc(CC(=O)NC[C@H](c2ccccc2)N(C)C)cc1. The Hall–Kier alpha value is -2.33. The van der Waals surface area contributed by atoms with Gasteiger partial charge in [0.25, 0.3) is 0 Å². The molecule has 0 bridgehead atoms. The Bertz CT molecular complexity index is 624. The molecule has 1 N–H and O–H groups in total. The van der Waals surface area contributed by atoms with Crippen molar-refractivity contribution in [3.63, 3.8) is 0 Å². The number of carbonyl (C=O) groups is 1. The van der Waals surface area contributed by atoms with Gasteiger partial charge in [-0.2, -0.15) is 0 Å². The zero-order valence-corrected chi connectivity index (χ0v) is 14.7. The highest BCUT2D eigenvalue weighted by atomic mass is 16.5. The molecule has 128 valence electrons. The van der Waals surface area contributed by atoms with Crippen molar-refractivity contribution in [1.82, 2.24) is 10.2 Å². The van der Waals surface area contributed by atoms with E-state index in [4.69, 9.17) is 4.74 Å². The summed E-state index contributed by atoms with van der Waals surface area (Å²) >= 11 is 0. The number of hydrogen-bond donors (Lipinski definition) is 1. The Kier molecular flexibility index (Phi) is 6.82. The van der Waals surface area contributed by atoms with E-state index in [1.165, 1.54) is 5.56 Å². The van der Waals surface area contributed by atoms with Crippen LogP contribution in [0.3, 0.4) is 0 Å². The number of benzene rings is 2. The van der Waals surface area contributed by atoms with Crippen molar-refractivity contribution < 1.29 is 9.53 Å². The highest BCUT2D eigenvalue weighted by molar-refractivity contribution is 5.78. The fourth-order valence-electron chi connectivity index (χ4n) is 2.60. The van der Waals surface area contributed by atoms with E-state index in [0.29, 0.717) is 19.6 Å². The molecule has 0 aromatic heterocycles. The zero-order chi connectivity index (χ0) is 17.4. The maximum absolute atomic E-state index is 12.2. The molecule has 0 aliphatic heterocycles. The molecule has 2 aromatic rings. The third-order valence-corrected chi connectivity index (χ3v) is 3.90. The van der Waals surface area contributed by atoms with Crippen LogP contribution in [0.25, 0.3) is 0 Å². The summed E-state index contributed by atoms with van der Waals surface area (Å²) in [5.41, 5.74) is 2.18. The number of hydrogen-bond acceptors (Lipinski definition) is 3. The van der Waals surface area contributed by atoms with Crippen molar-refractivity contribution >= 4 is 5.91 Å². The average molecular weight is 326 g/mol. The van der Waals surface area contributed by atoms with Gasteiger partial charge in [0.1, 0.15) is 5.75 Å². The van der Waals surface area contributed by atoms with Crippen LogP contribution >= 0.6 is 0 Å². The molecule has 4 nitrogen and oxygen atoms in total. The van der Waals surface area contributed by atoms with Gasteiger partial charge in [0.15, 0.2) is 0 Å². The van der Waals surface area contributed by atoms with E-state index < -0.39 is 0 Å². The van der Waals surface area contributed by atoms with Crippen LogP contribution in [0.2, 0.25) is 0 Å². The van der Waals surface area contributed by atoms with E-state index >= 15 is 0 Å². The van der Waals surface area contributed by atoms with E-state index in [0.717, 1.165) is 11.3 Å². The first-order valence-corrected chi connectivity index (χ1v) is 8.30. The third-order valence-electron chi connectivity index (χ3n) is 3.90. The highest BCUT2D eigenvalue weighted by Gasteiger charge is 2.15. The molecule has 0 aliphatic carbocycles. The van der Waals surface area contributed by atoms with Gasteiger partial charge in [0, 0.05) is 6.54 Å². The molecule has 0 heterocycles. The van der Waals surface area contributed by atoms with Gasteiger partial charge in [-0.05, 0) is 44.3 Å². The van der Waals surface area contributed by atoms with E-state index in [9.17, 15) is 4.79 Å². The summed E-state index contributed by atoms with van der Waals surface area (Å²) in [7, 11) is 4.05. The summed E-state index contributed by atoms with van der Waals surface area (Å²) < 4.78 is 5.41. The van der Waals surface area contributed by atoms with Crippen LogP contribution in [-0.4, -0.2) is 38.1 Å². The number of nitrogens with zero attached hydrogens (tertiary/aromatic N) is 1. The summed E-state index contributed by atoms with van der Waals surface area (Å²) in [6.07, 6.45) is 0.376. The largest absolute Gasteiger partial charge is 0.494 e. The van der Waals surface area contributed by atoms with Crippen molar-refractivity contribution in [1.29, 1.82) is 0 Å². The van der Waals surface area contributed by atoms with Crippen LogP contribution in [0.1, 0.15) is 24.1 Å². The van der Waals surface area contributed by atoms with Gasteiger partial charge in [0.05, 0.1) is 19.1 Å². The standard InChI is InChI=1S/C20H26N2O2/c1-4-24-18-12-10-16(11-13-18)14-20(23)21-15-19(22(2)3)17-8-6-5-7-9-17/h5-13,19H,4,14-15H2,1-3H3,(H,21,23)/t19-/m1/s1. The predicted molar refractivity (Wildman–Crippen MR) is 97.2 cm³/mol. The molecule has 2 aromatic carbocycles. The molecule has 1 amide bonds. The average Bonchev–Trinajstić information content (AvgIpc) is 2.58. The summed E-state index contributed by atoms with van der Waals surface area (Å²) in [6.45, 7) is 3.19. The molecule has 0 unspecified atom stereocenters. The van der Waals surface area contributed by atoms with E-state index in [-0.39, 0.29) is 11.9 Å². The maximum atomic E-state index is 12.2. The van der Waals surface area contributed by atoms with Gasteiger partial charge >= 0.3 is 0 Å². The Morgan fingerprint density at radius 1 is 1.08 bits per heavy atom. The topological polar surface area (TPSA) is 41.6 Å². The molecule has 1 atom stereocenters. The minimum absolute atomic E-state index is 0.0296. The van der Waals surface area contributed by atoms with Crippen LogP contribution in [0, 0.1) is 0 Å². The van der Waals surface area contributed by atoms with Crippen LogP contribution in [0.4, 0.5) is 0 Å². The molecule has 0 radical (unpaired) electrons. The molecule has 0 fully saturated rings. The van der Waals surface area contributed by atoms with Crippen LogP contribution in [-0.2, 0) is 11.2 Å². The van der Waals surface area contributed by atoms with Gasteiger partial charge in [-0.15, -0.1) is 0 Å². The number of ether oxygens (including phenoxy) is 1. The van der Waals surface area contributed by atoms with Crippen molar-refractivity contribution in [2.45, 2.75) is 19.4 Å². The summed E-state index contributed by atoms with van der Waals surface area (Å²) in [4.78, 5) is 14.3. The fraction of sp³-hybridized carbons (Fsp3) is 0.350. The normalized spacial score (nSPS) is 12.0. The van der Waals surface area contributed by atoms with Crippen LogP contribution in [0.15, 0.2) is 54.6 Å².